The van der Waals surface area contributed by atoms with Crippen LogP contribution in [-0.2, 0) is 11.3 Å². The largest absolute Gasteiger partial charge is 0.465 e. The lowest BCUT2D eigenvalue weighted by Gasteiger charge is -2.35. The van der Waals surface area contributed by atoms with Gasteiger partial charge in [-0.05, 0) is 33.3 Å². The van der Waals surface area contributed by atoms with Crippen molar-refractivity contribution in [2.45, 2.75) is 52.0 Å². The van der Waals surface area contributed by atoms with Crippen LogP contribution >= 0.6 is 0 Å². The average Bonchev–Trinajstić information content (AvgIpc) is 2.37. The molecule has 0 radical (unpaired) electrons. The summed E-state index contributed by atoms with van der Waals surface area (Å²) in [6.45, 7) is 7.43. The number of aliphatic hydroxyl groups excluding tert-OH is 1. The Balaban J connectivity index is 2.88. The second kappa shape index (κ2) is 7.43. The zero-order valence-electron chi connectivity index (χ0n) is 13.1. The molecule has 1 rings (SSSR count). The summed E-state index contributed by atoms with van der Waals surface area (Å²) in [5.74, 6) is 0. The third kappa shape index (κ3) is 5.73. The lowest BCUT2D eigenvalue weighted by atomic mass is 10.1. The van der Waals surface area contributed by atoms with Gasteiger partial charge in [0.2, 0.25) is 0 Å². The number of hydrogen-bond donors (Lipinski definition) is 2. The van der Waals surface area contributed by atoms with Gasteiger partial charge in [-0.3, -0.25) is 4.90 Å². The summed E-state index contributed by atoms with van der Waals surface area (Å²) < 4.78 is 5.79. The standard InChI is InChI=1S/C16H25NO4/c1-12(21-16(2,3)4)14(11-18)17(15(19)20)10-13-8-6-5-7-9-13/h5-9,12,14,18H,10-11H2,1-4H3,(H,19,20)/t12-,14+/m0/s1. The molecule has 0 saturated heterocycles. The van der Waals surface area contributed by atoms with Crippen molar-refractivity contribution in [2.24, 2.45) is 0 Å². The Labute approximate surface area is 126 Å². The summed E-state index contributed by atoms with van der Waals surface area (Å²) in [6.07, 6.45) is -1.47. The number of rotatable bonds is 6. The summed E-state index contributed by atoms with van der Waals surface area (Å²) in [6, 6.07) is 8.71. The van der Waals surface area contributed by atoms with Gasteiger partial charge in [-0.15, -0.1) is 0 Å². The van der Waals surface area contributed by atoms with Crippen molar-refractivity contribution in [1.29, 1.82) is 0 Å². The molecule has 1 aromatic carbocycles. The van der Waals surface area contributed by atoms with Crippen molar-refractivity contribution >= 4 is 6.09 Å². The van der Waals surface area contributed by atoms with Crippen LogP contribution in [0.1, 0.15) is 33.3 Å². The molecule has 0 aliphatic rings. The molecule has 1 aromatic rings. The van der Waals surface area contributed by atoms with E-state index in [1.165, 1.54) is 4.90 Å². The number of carbonyl (C=O) groups is 1. The van der Waals surface area contributed by atoms with E-state index in [4.69, 9.17) is 4.74 Å². The molecule has 21 heavy (non-hydrogen) atoms. The lowest BCUT2D eigenvalue weighted by Crippen LogP contribution is -2.49. The Kier molecular flexibility index (Phi) is 6.18. The second-order valence-corrected chi connectivity index (χ2v) is 6.08. The first-order valence-corrected chi connectivity index (χ1v) is 7.06. The highest BCUT2D eigenvalue weighted by Crippen LogP contribution is 2.18. The van der Waals surface area contributed by atoms with Gasteiger partial charge in [0, 0.05) is 6.54 Å². The van der Waals surface area contributed by atoms with Crippen molar-refractivity contribution in [3.05, 3.63) is 35.9 Å². The SMILES string of the molecule is C[C@H](OC(C)(C)C)[C@@H](CO)N(Cc1ccccc1)C(=O)O. The molecule has 1 amide bonds. The summed E-state index contributed by atoms with van der Waals surface area (Å²) in [5, 5.41) is 19.0. The molecule has 0 spiro atoms. The van der Waals surface area contributed by atoms with E-state index >= 15 is 0 Å². The van der Waals surface area contributed by atoms with Crippen LogP contribution < -0.4 is 0 Å². The van der Waals surface area contributed by atoms with Gasteiger partial charge in [-0.1, -0.05) is 30.3 Å². The Morgan fingerprint density at radius 2 is 1.86 bits per heavy atom. The Morgan fingerprint density at radius 3 is 2.29 bits per heavy atom. The number of aliphatic hydroxyl groups is 1. The maximum Gasteiger partial charge on any atom is 0.408 e. The molecule has 0 fully saturated rings. The molecule has 0 aliphatic heterocycles. The lowest BCUT2D eigenvalue weighted by molar-refractivity contribution is -0.0931. The molecular formula is C16H25NO4. The van der Waals surface area contributed by atoms with Crippen LogP contribution in [0.3, 0.4) is 0 Å². The van der Waals surface area contributed by atoms with Crippen molar-refractivity contribution in [3.63, 3.8) is 0 Å². The molecule has 0 unspecified atom stereocenters. The summed E-state index contributed by atoms with van der Waals surface area (Å²) in [5.41, 5.74) is 0.477. The molecular weight excluding hydrogens is 270 g/mol. The van der Waals surface area contributed by atoms with Gasteiger partial charge in [0.05, 0.1) is 24.4 Å². The number of ether oxygens (including phenoxy) is 1. The zero-order chi connectivity index (χ0) is 16.0. The first-order valence-electron chi connectivity index (χ1n) is 7.06. The number of nitrogens with zero attached hydrogens (tertiary/aromatic N) is 1. The van der Waals surface area contributed by atoms with Crippen LogP contribution in [0.2, 0.25) is 0 Å². The fraction of sp³-hybridized carbons (Fsp3) is 0.562. The topological polar surface area (TPSA) is 70.0 Å². The van der Waals surface area contributed by atoms with E-state index in [0.29, 0.717) is 0 Å². The number of carboxylic acid groups (broad SMARTS) is 1. The average molecular weight is 295 g/mol. The van der Waals surface area contributed by atoms with Crippen LogP contribution in [-0.4, -0.2) is 45.6 Å². The van der Waals surface area contributed by atoms with Gasteiger partial charge in [-0.25, -0.2) is 4.79 Å². The molecule has 2 N–H and O–H groups in total. The van der Waals surface area contributed by atoms with Crippen LogP contribution in [0, 0.1) is 0 Å². The molecule has 0 aliphatic carbocycles. The van der Waals surface area contributed by atoms with Gasteiger partial charge in [0.1, 0.15) is 0 Å². The summed E-state index contributed by atoms with van der Waals surface area (Å²) in [7, 11) is 0. The third-order valence-electron chi connectivity index (χ3n) is 3.11. The van der Waals surface area contributed by atoms with Crippen molar-refractivity contribution in [1.82, 2.24) is 4.90 Å². The van der Waals surface area contributed by atoms with Crippen molar-refractivity contribution in [3.8, 4) is 0 Å². The summed E-state index contributed by atoms with van der Waals surface area (Å²) in [4.78, 5) is 12.8. The fourth-order valence-corrected chi connectivity index (χ4v) is 2.24. The van der Waals surface area contributed by atoms with E-state index in [1.807, 2.05) is 51.1 Å². The van der Waals surface area contributed by atoms with Gasteiger partial charge in [-0.2, -0.15) is 0 Å². The van der Waals surface area contributed by atoms with Crippen LogP contribution in [0.5, 0.6) is 0 Å². The normalized spacial score (nSPS) is 14.5. The van der Waals surface area contributed by atoms with Crippen LogP contribution in [0.4, 0.5) is 4.79 Å². The van der Waals surface area contributed by atoms with Gasteiger partial charge >= 0.3 is 6.09 Å². The Hall–Kier alpha value is -1.59. The quantitative estimate of drug-likeness (QED) is 0.846. The van der Waals surface area contributed by atoms with E-state index in [9.17, 15) is 15.0 Å². The second-order valence-electron chi connectivity index (χ2n) is 6.08. The van der Waals surface area contributed by atoms with E-state index in [2.05, 4.69) is 0 Å². The molecule has 0 bridgehead atoms. The monoisotopic (exact) mass is 295 g/mol. The number of benzene rings is 1. The maximum absolute atomic E-state index is 11.5. The van der Waals surface area contributed by atoms with E-state index < -0.39 is 23.8 Å². The molecule has 0 heterocycles. The van der Waals surface area contributed by atoms with Crippen molar-refractivity contribution < 1.29 is 19.7 Å². The van der Waals surface area contributed by atoms with E-state index in [1.54, 1.807) is 6.92 Å². The van der Waals surface area contributed by atoms with Gasteiger partial charge in [0.15, 0.2) is 0 Å². The predicted octanol–water partition coefficient (Wildman–Crippen LogP) is 2.73. The smallest absolute Gasteiger partial charge is 0.408 e. The van der Waals surface area contributed by atoms with Gasteiger partial charge < -0.3 is 14.9 Å². The fourth-order valence-electron chi connectivity index (χ4n) is 2.24. The maximum atomic E-state index is 11.5. The highest BCUT2D eigenvalue weighted by molar-refractivity contribution is 5.65. The minimum Gasteiger partial charge on any atom is -0.465 e. The zero-order valence-corrected chi connectivity index (χ0v) is 13.1. The molecule has 0 saturated carbocycles. The number of amides is 1. The molecule has 5 nitrogen and oxygen atoms in total. The Bertz CT molecular complexity index is 441. The van der Waals surface area contributed by atoms with E-state index in [0.717, 1.165) is 5.56 Å². The highest BCUT2D eigenvalue weighted by Gasteiger charge is 2.31. The molecule has 2 atom stereocenters. The first-order chi connectivity index (χ1) is 9.74. The minimum atomic E-state index is -1.07. The molecule has 5 heteroatoms. The third-order valence-corrected chi connectivity index (χ3v) is 3.11. The van der Waals surface area contributed by atoms with Crippen LogP contribution in [0.15, 0.2) is 30.3 Å². The van der Waals surface area contributed by atoms with Crippen molar-refractivity contribution in [2.75, 3.05) is 6.61 Å². The van der Waals surface area contributed by atoms with Crippen LogP contribution in [0.25, 0.3) is 0 Å². The highest BCUT2D eigenvalue weighted by atomic mass is 16.5. The predicted molar refractivity (Wildman–Crippen MR) is 81.2 cm³/mol. The molecule has 0 aromatic heterocycles. The van der Waals surface area contributed by atoms with Gasteiger partial charge in [0.25, 0.3) is 0 Å². The Morgan fingerprint density at radius 1 is 1.29 bits per heavy atom. The minimum absolute atomic E-state index is 0.221. The molecule has 118 valence electrons. The first kappa shape index (κ1) is 17.5. The van der Waals surface area contributed by atoms with E-state index in [-0.39, 0.29) is 13.2 Å². The summed E-state index contributed by atoms with van der Waals surface area (Å²) >= 11 is 0. The number of hydrogen-bond acceptors (Lipinski definition) is 3.